The second-order valence-electron chi connectivity index (χ2n) is 10.4. The molecule has 0 spiro atoms. The van der Waals surface area contributed by atoms with Crippen LogP contribution in [0.5, 0.6) is 0 Å². The third kappa shape index (κ3) is 8.18. The Labute approximate surface area is 203 Å². The molecule has 1 aromatic rings. The van der Waals surface area contributed by atoms with Crippen molar-refractivity contribution < 1.29 is 19.4 Å². The highest BCUT2D eigenvalue weighted by Crippen LogP contribution is 2.31. The zero-order chi connectivity index (χ0) is 24.8. The van der Waals surface area contributed by atoms with Gasteiger partial charge in [0.25, 0.3) is 0 Å². The van der Waals surface area contributed by atoms with Gasteiger partial charge in [0, 0.05) is 29.1 Å². The number of carbonyl (C=O) groups excluding carboxylic acids is 2. The van der Waals surface area contributed by atoms with Crippen molar-refractivity contribution in [1.29, 1.82) is 0 Å². The van der Waals surface area contributed by atoms with Crippen LogP contribution in [0, 0.1) is 30.1 Å². The number of aliphatic hydroxyl groups excluding tert-OH is 1. The molecule has 2 rings (SSSR count). The molecule has 0 aliphatic carbocycles. The number of Topliss-reactive ketones (excluding diaryl/α,β-unsaturated/α-hetero) is 1. The highest BCUT2D eigenvalue weighted by molar-refractivity contribution is 7.09. The number of aliphatic hydroxyl groups is 1. The van der Waals surface area contributed by atoms with E-state index in [2.05, 4.69) is 18.0 Å². The van der Waals surface area contributed by atoms with Crippen molar-refractivity contribution in [1.82, 2.24) is 4.98 Å². The van der Waals surface area contributed by atoms with E-state index in [4.69, 9.17) is 4.74 Å². The SMILES string of the molecule is C/C(=C\c1csc(C)n1)C1CCC(C)C/C=C/C(C)C(O)C(C)C(=O)C(C)(C)CCC(=O)O1. The van der Waals surface area contributed by atoms with Crippen LogP contribution in [0.15, 0.2) is 23.1 Å². The molecule has 0 aromatic carbocycles. The molecule has 0 fully saturated rings. The van der Waals surface area contributed by atoms with Crippen LogP contribution in [0.1, 0.15) is 84.3 Å². The standard InChI is InChI=1S/C27H41NO4S/c1-17-9-8-10-18(2)25(30)20(4)26(31)27(6,7)14-13-24(29)32-23(12-11-17)19(3)15-22-16-33-21(5)28-22/h8,10,15-18,20,23,25,30H,9,11-14H2,1-7H3/b10-8+,19-15+. The number of thiazole rings is 1. The molecule has 184 valence electrons. The third-order valence-electron chi connectivity index (χ3n) is 6.78. The molecule has 1 aliphatic rings. The normalized spacial score (nSPS) is 31.8. The average Bonchev–Trinajstić information content (AvgIpc) is 3.17. The van der Waals surface area contributed by atoms with E-state index in [0.717, 1.165) is 35.5 Å². The number of aromatic nitrogens is 1. The second-order valence-corrected chi connectivity index (χ2v) is 11.5. The Bertz CT molecular complexity index is 869. The number of hydrogen-bond donors (Lipinski definition) is 1. The van der Waals surface area contributed by atoms with Crippen LogP contribution >= 0.6 is 11.3 Å². The van der Waals surface area contributed by atoms with Crippen molar-refractivity contribution in [2.24, 2.45) is 23.2 Å². The van der Waals surface area contributed by atoms with E-state index in [-0.39, 0.29) is 30.2 Å². The van der Waals surface area contributed by atoms with Crippen LogP contribution in [-0.4, -0.2) is 34.1 Å². The summed E-state index contributed by atoms with van der Waals surface area (Å²) in [6.07, 6.45) is 8.18. The molecule has 1 aliphatic heterocycles. The minimum absolute atomic E-state index is 0.0185. The summed E-state index contributed by atoms with van der Waals surface area (Å²) in [6, 6.07) is 0. The van der Waals surface area contributed by atoms with Gasteiger partial charge in [-0.05, 0) is 57.1 Å². The van der Waals surface area contributed by atoms with E-state index in [1.54, 1.807) is 18.3 Å². The van der Waals surface area contributed by atoms with Crippen molar-refractivity contribution in [3.05, 3.63) is 33.8 Å². The number of ether oxygens (including phenoxy) is 1. The number of nitrogens with zero attached hydrogens (tertiary/aromatic N) is 1. The second kappa shape index (κ2) is 12.1. The van der Waals surface area contributed by atoms with Gasteiger partial charge >= 0.3 is 5.97 Å². The first-order valence-electron chi connectivity index (χ1n) is 12.1. The maximum absolute atomic E-state index is 13.1. The molecule has 0 saturated carbocycles. The number of aryl methyl sites for hydroxylation is 1. The first-order chi connectivity index (χ1) is 15.4. The van der Waals surface area contributed by atoms with E-state index in [0.29, 0.717) is 12.3 Å². The van der Waals surface area contributed by atoms with E-state index in [1.165, 1.54) is 0 Å². The number of carbonyl (C=O) groups is 2. The Morgan fingerprint density at radius 1 is 1.24 bits per heavy atom. The molecule has 6 heteroatoms. The number of esters is 1. The number of ketones is 1. The van der Waals surface area contributed by atoms with E-state index < -0.39 is 17.4 Å². The van der Waals surface area contributed by atoms with Gasteiger partial charge in [-0.2, -0.15) is 0 Å². The van der Waals surface area contributed by atoms with Crippen molar-refractivity contribution in [2.45, 2.75) is 92.8 Å². The predicted octanol–water partition coefficient (Wildman–Crippen LogP) is 6.15. The molecule has 0 radical (unpaired) electrons. The average molecular weight is 476 g/mol. The summed E-state index contributed by atoms with van der Waals surface area (Å²) in [5.41, 5.74) is 1.16. The Morgan fingerprint density at radius 3 is 2.58 bits per heavy atom. The monoisotopic (exact) mass is 475 g/mol. The van der Waals surface area contributed by atoms with Crippen molar-refractivity contribution >= 4 is 29.2 Å². The highest BCUT2D eigenvalue weighted by Gasteiger charge is 2.36. The molecule has 1 aromatic heterocycles. The number of cyclic esters (lactones) is 1. The summed E-state index contributed by atoms with van der Waals surface area (Å²) in [5.74, 6) is -0.504. The van der Waals surface area contributed by atoms with Crippen molar-refractivity contribution in [3.63, 3.8) is 0 Å². The molecule has 5 nitrogen and oxygen atoms in total. The summed E-state index contributed by atoms with van der Waals surface area (Å²) in [6.45, 7) is 13.6. The smallest absolute Gasteiger partial charge is 0.306 e. The highest BCUT2D eigenvalue weighted by atomic mass is 32.1. The maximum Gasteiger partial charge on any atom is 0.306 e. The summed E-state index contributed by atoms with van der Waals surface area (Å²) in [4.78, 5) is 30.4. The molecule has 33 heavy (non-hydrogen) atoms. The number of hydrogen-bond acceptors (Lipinski definition) is 6. The fraction of sp³-hybridized carbons (Fsp3) is 0.667. The quantitative estimate of drug-likeness (QED) is 0.410. The third-order valence-corrected chi connectivity index (χ3v) is 7.57. The lowest BCUT2D eigenvalue weighted by molar-refractivity contribution is -0.149. The first kappa shape index (κ1) is 27.5. The molecule has 5 atom stereocenters. The Kier molecular flexibility index (Phi) is 10.0. The minimum atomic E-state index is -0.741. The fourth-order valence-electron chi connectivity index (χ4n) is 4.33. The lowest BCUT2D eigenvalue weighted by Gasteiger charge is -2.31. The van der Waals surface area contributed by atoms with Gasteiger partial charge in [-0.15, -0.1) is 11.3 Å². The summed E-state index contributed by atoms with van der Waals surface area (Å²) >= 11 is 1.60. The lowest BCUT2D eigenvalue weighted by Crippen LogP contribution is -2.38. The van der Waals surface area contributed by atoms with Crippen LogP contribution in [0.2, 0.25) is 0 Å². The maximum atomic E-state index is 13.1. The Morgan fingerprint density at radius 2 is 1.94 bits per heavy atom. The summed E-state index contributed by atoms with van der Waals surface area (Å²) in [7, 11) is 0. The summed E-state index contributed by atoms with van der Waals surface area (Å²) in [5, 5.41) is 13.7. The van der Waals surface area contributed by atoms with Crippen molar-refractivity contribution in [2.75, 3.05) is 0 Å². The molecular weight excluding hydrogens is 434 g/mol. The van der Waals surface area contributed by atoms with Gasteiger partial charge in [0.2, 0.25) is 0 Å². The molecule has 0 saturated heterocycles. The van der Waals surface area contributed by atoms with Crippen LogP contribution in [0.3, 0.4) is 0 Å². The molecule has 2 heterocycles. The van der Waals surface area contributed by atoms with Crippen LogP contribution in [0.4, 0.5) is 0 Å². The number of allylic oxidation sites excluding steroid dienone is 1. The lowest BCUT2D eigenvalue weighted by atomic mass is 9.75. The van der Waals surface area contributed by atoms with Gasteiger partial charge in [0.05, 0.1) is 16.8 Å². The molecule has 1 N–H and O–H groups in total. The molecule has 5 unspecified atom stereocenters. The minimum Gasteiger partial charge on any atom is -0.458 e. The van der Waals surface area contributed by atoms with E-state index >= 15 is 0 Å². The van der Waals surface area contributed by atoms with Gasteiger partial charge in [-0.25, -0.2) is 4.98 Å². The van der Waals surface area contributed by atoms with E-state index in [1.807, 2.05) is 52.2 Å². The molecule has 0 bridgehead atoms. The van der Waals surface area contributed by atoms with Gasteiger partial charge in [0.15, 0.2) is 0 Å². The fourth-order valence-corrected chi connectivity index (χ4v) is 4.90. The zero-order valence-electron chi connectivity index (χ0n) is 21.3. The molecule has 0 amide bonds. The van der Waals surface area contributed by atoms with Gasteiger partial charge in [0.1, 0.15) is 11.9 Å². The Balaban J connectivity index is 2.26. The summed E-state index contributed by atoms with van der Waals surface area (Å²) < 4.78 is 5.92. The van der Waals surface area contributed by atoms with Crippen LogP contribution in [-0.2, 0) is 14.3 Å². The zero-order valence-corrected chi connectivity index (χ0v) is 22.1. The Hall–Kier alpha value is -1.79. The number of rotatable bonds is 2. The molecular formula is C27H41NO4S. The van der Waals surface area contributed by atoms with Crippen LogP contribution in [0.25, 0.3) is 6.08 Å². The first-order valence-corrected chi connectivity index (χ1v) is 13.0. The van der Waals surface area contributed by atoms with Gasteiger partial charge in [-0.3, -0.25) is 9.59 Å². The largest absolute Gasteiger partial charge is 0.458 e. The van der Waals surface area contributed by atoms with E-state index in [9.17, 15) is 14.7 Å². The predicted molar refractivity (Wildman–Crippen MR) is 135 cm³/mol. The van der Waals surface area contributed by atoms with Gasteiger partial charge < -0.3 is 9.84 Å². The van der Waals surface area contributed by atoms with Gasteiger partial charge in [-0.1, -0.05) is 46.8 Å². The topological polar surface area (TPSA) is 76.5 Å². The van der Waals surface area contributed by atoms with Crippen molar-refractivity contribution in [3.8, 4) is 0 Å². The van der Waals surface area contributed by atoms with Crippen LogP contribution < -0.4 is 0 Å².